The normalized spacial score (nSPS) is 15.8. The molecule has 1 heterocycles. The van der Waals surface area contributed by atoms with Gasteiger partial charge in [0.1, 0.15) is 5.76 Å². The van der Waals surface area contributed by atoms with Crippen LogP contribution in [0.2, 0.25) is 0 Å². The van der Waals surface area contributed by atoms with Gasteiger partial charge in [-0.15, -0.1) is 0 Å². The van der Waals surface area contributed by atoms with Crippen molar-refractivity contribution in [3.63, 3.8) is 0 Å². The first-order valence-corrected chi connectivity index (χ1v) is 5.69. The summed E-state index contributed by atoms with van der Waals surface area (Å²) in [5.74, 6) is 0.949. The Bertz CT molecular complexity index is 294. The van der Waals surface area contributed by atoms with Gasteiger partial charge in [-0.25, -0.2) is 4.98 Å². The molecule has 1 aliphatic rings. The zero-order valence-electron chi connectivity index (χ0n) is 9.25. The molecule has 1 fully saturated rings. The van der Waals surface area contributed by atoms with E-state index >= 15 is 0 Å². The van der Waals surface area contributed by atoms with Gasteiger partial charge in [0.05, 0.1) is 12.2 Å². The zero-order valence-corrected chi connectivity index (χ0v) is 9.25. The minimum atomic E-state index is 0.787. The molecule has 15 heavy (non-hydrogen) atoms. The Morgan fingerprint density at radius 1 is 1.47 bits per heavy atom. The molecule has 0 amide bonds. The lowest BCUT2D eigenvalue weighted by Crippen LogP contribution is -2.23. The van der Waals surface area contributed by atoms with Gasteiger partial charge in [0, 0.05) is 6.04 Å². The van der Waals surface area contributed by atoms with Crippen LogP contribution in [0.15, 0.2) is 10.8 Å². The Balaban J connectivity index is 1.49. The Kier molecular flexibility index (Phi) is 3.75. The molecule has 1 aromatic heterocycles. The van der Waals surface area contributed by atoms with Crippen LogP contribution in [0, 0.1) is 6.92 Å². The fourth-order valence-electron chi connectivity index (χ4n) is 1.50. The van der Waals surface area contributed by atoms with Gasteiger partial charge in [0.15, 0.2) is 6.39 Å². The minimum Gasteiger partial charge on any atom is -0.447 e. The molecule has 0 unspecified atom stereocenters. The zero-order chi connectivity index (χ0) is 10.5. The standard InChI is InChI=1S/C11H19N3O/c1-9-11(15-8-14-9)7-12-5-2-6-13-10-3-4-10/h8,10,12-13H,2-7H2,1H3. The average molecular weight is 209 g/mol. The smallest absolute Gasteiger partial charge is 0.181 e. The number of aromatic nitrogens is 1. The minimum absolute atomic E-state index is 0.787. The maximum Gasteiger partial charge on any atom is 0.181 e. The SMILES string of the molecule is Cc1ncoc1CNCCCNC1CC1. The third-order valence-corrected chi connectivity index (χ3v) is 2.67. The van der Waals surface area contributed by atoms with Gasteiger partial charge in [-0.1, -0.05) is 0 Å². The molecule has 2 N–H and O–H groups in total. The number of nitrogens with one attached hydrogen (secondary N) is 2. The lowest BCUT2D eigenvalue weighted by molar-refractivity contribution is 0.473. The molecule has 0 atom stereocenters. The third kappa shape index (κ3) is 3.64. The monoisotopic (exact) mass is 209 g/mol. The van der Waals surface area contributed by atoms with E-state index in [1.165, 1.54) is 25.7 Å². The first-order chi connectivity index (χ1) is 7.36. The molecular formula is C11H19N3O. The number of nitrogens with zero attached hydrogens (tertiary/aromatic N) is 1. The van der Waals surface area contributed by atoms with Gasteiger partial charge in [0.25, 0.3) is 0 Å². The molecule has 0 bridgehead atoms. The van der Waals surface area contributed by atoms with Crippen molar-refractivity contribution in [3.05, 3.63) is 17.8 Å². The number of hydrogen-bond donors (Lipinski definition) is 2. The second kappa shape index (κ2) is 5.28. The average Bonchev–Trinajstić information content (AvgIpc) is 2.96. The summed E-state index contributed by atoms with van der Waals surface area (Å²) in [7, 11) is 0. The molecule has 1 aromatic rings. The quantitative estimate of drug-likeness (QED) is 0.663. The van der Waals surface area contributed by atoms with Crippen molar-refractivity contribution in [1.82, 2.24) is 15.6 Å². The van der Waals surface area contributed by atoms with E-state index < -0.39 is 0 Å². The molecule has 1 saturated carbocycles. The summed E-state index contributed by atoms with van der Waals surface area (Å²) in [6.07, 6.45) is 5.40. The number of hydrogen-bond acceptors (Lipinski definition) is 4. The fourth-order valence-corrected chi connectivity index (χ4v) is 1.50. The van der Waals surface area contributed by atoms with Crippen molar-refractivity contribution in [3.8, 4) is 0 Å². The van der Waals surface area contributed by atoms with Crippen LogP contribution in [-0.4, -0.2) is 24.1 Å². The van der Waals surface area contributed by atoms with Crippen molar-refractivity contribution in [2.75, 3.05) is 13.1 Å². The van der Waals surface area contributed by atoms with E-state index in [0.29, 0.717) is 0 Å². The third-order valence-electron chi connectivity index (χ3n) is 2.67. The highest BCUT2D eigenvalue weighted by Gasteiger charge is 2.19. The van der Waals surface area contributed by atoms with Crippen molar-refractivity contribution < 1.29 is 4.42 Å². The number of oxazole rings is 1. The van der Waals surface area contributed by atoms with Gasteiger partial charge in [-0.05, 0) is 39.3 Å². The van der Waals surface area contributed by atoms with E-state index in [2.05, 4.69) is 15.6 Å². The Labute approximate surface area is 90.5 Å². The molecule has 0 aliphatic heterocycles. The molecule has 1 aliphatic carbocycles. The molecule has 0 saturated heterocycles. The largest absolute Gasteiger partial charge is 0.447 e. The highest BCUT2D eigenvalue weighted by molar-refractivity contribution is 5.03. The summed E-state index contributed by atoms with van der Waals surface area (Å²) in [4.78, 5) is 4.04. The van der Waals surface area contributed by atoms with Crippen LogP contribution in [0.1, 0.15) is 30.7 Å². The van der Waals surface area contributed by atoms with Gasteiger partial charge in [0.2, 0.25) is 0 Å². The van der Waals surface area contributed by atoms with Crippen LogP contribution < -0.4 is 10.6 Å². The molecule has 0 spiro atoms. The maximum atomic E-state index is 5.23. The van der Waals surface area contributed by atoms with Gasteiger partial charge >= 0.3 is 0 Å². The number of aryl methyl sites for hydroxylation is 1. The molecule has 0 radical (unpaired) electrons. The summed E-state index contributed by atoms with van der Waals surface area (Å²) < 4.78 is 5.23. The summed E-state index contributed by atoms with van der Waals surface area (Å²) in [6.45, 7) is 4.90. The lowest BCUT2D eigenvalue weighted by Gasteiger charge is -2.04. The summed E-state index contributed by atoms with van der Waals surface area (Å²) >= 11 is 0. The van der Waals surface area contributed by atoms with Crippen LogP contribution >= 0.6 is 0 Å². The highest BCUT2D eigenvalue weighted by Crippen LogP contribution is 2.18. The van der Waals surface area contributed by atoms with E-state index in [0.717, 1.165) is 37.1 Å². The van der Waals surface area contributed by atoms with E-state index in [1.807, 2.05) is 6.92 Å². The predicted octanol–water partition coefficient (Wildman–Crippen LogP) is 1.21. The summed E-state index contributed by atoms with van der Waals surface area (Å²) in [6, 6.07) is 0.821. The molecule has 84 valence electrons. The van der Waals surface area contributed by atoms with Crippen LogP contribution in [0.25, 0.3) is 0 Å². The maximum absolute atomic E-state index is 5.23. The fraction of sp³-hybridized carbons (Fsp3) is 0.727. The van der Waals surface area contributed by atoms with E-state index in [9.17, 15) is 0 Å². The van der Waals surface area contributed by atoms with Crippen LogP contribution in [0.4, 0.5) is 0 Å². The Morgan fingerprint density at radius 3 is 3.00 bits per heavy atom. The van der Waals surface area contributed by atoms with Crippen molar-refractivity contribution in [2.45, 2.75) is 38.8 Å². The summed E-state index contributed by atoms with van der Waals surface area (Å²) in [5.41, 5.74) is 0.985. The summed E-state index contributed by atoms with van der Waals surface area (Å²) in [5, 5.41) is 6.83. The topological polar surface area (TPSA) is 50.1 Å². The van der Waals surface area contributed by atoms with Crippen LogP contribution in [-0.2, 0) is 6.54 Å². The number of rotatable bonds is 7. The van der Waals surface area contributed by atoms with E-state index in [1.54, 1.807) is 0 Å². The highest BCUT2D eigenvalue weighted by atomic mass is 16.3. The predicted molar refractivity (Wildman–Crippen MR) is 58.6 cm³/mol. The lowest BCUT2D eigenvalue weighted by atomic mass is 10.3. The van der Waals surface area contributed by atoms with Crippen molar-refractivity contribution in [2.24, 2.45) is 0 Å². The second-order valence-corrected chi connectivity index (χ2v) is 4.12. The molecular weight excluding hydrogens is 190 g/mol. The second-order valence-electron chi connectivity index (χ2n) is 4.12. The first kappa shape index (κ1) is 10.6. The Morgan fingerprint density at radius 2 is 2.33 bits per heavy atom. The first-order valence-electron chi connectivity index (χ1n) is 5.69. The Hall–Kier alpha value is -0.870. The van der Waals surface area contributed by atoms with Gasteiger partial charge in [-0.3, -0.25) is 0 Å². The van der Waals surface area contributed by atoms with Crippen molar-refractivity contribution in [1.29, 1.82) is 0 Å². The van der Waals surface area contributed by atoms with Gasteiger partial charge < -0.3 is 15.1 Å². The van der Waals surface area contributed by atoms with Crippen molar-refractivity contribution >= 4 is 0 Å². The van der Waals surface area contributed by atoms with Gasteiger partial charge in [-0.2, -0.15) is 0 Å². The van der Waals surface area contributed by atoms with E-state index in [4.69, 9.17) is 4.42 Å². The molecule has 4 heteroatoms. The molecule has 2 rings (SSSR count). The van der Waals surface area contributed by atoms with E-state index in [-0.39, 0.29) is 0 Å². The van der Waals surface area contributed by atoms with Crippen LogP contribution in [0.5, 0.6) is 0 Å². The van der Waals surface area contributed by atoms with Crippen LogP contribution in [0.3, 0.4) is 0 Å². The molecule has 4 nitrogen and oxygen atoms in total. The molecule has 0 aromatic carbocycles.